The summed E-state index contributed by atoms with van der Waals surface area (Å²) in [6.45, 7) is 0. The molecule has 0 saturated carbocycles. The fourth-order valence-electron chi connectivity index (χ4n) is 18.4. The van der Waals surface area contributed by atoms with Crippen LogP contribution in [0.25, 0.3) is 222 Å². The van der Waals surface area contributed by atoms with Crippen molar-refractivity contribution in [2.45, 2.75) is 0 Å². The van der Waals surface area contributed by atoms with Gasteiger partial charge in [-0.05, 0) is 133 Å². The molecule has 24 rings (SSSR count). The van der Waals surface area contributed by atoms with Gasteiger partial charge in [-0.3, -0.25) is 9.13 Å². The van der Waals surface area contributed by atoms with Crippen molar-refractivity contribution < 1.29 is 0 Å². The molecule has 0 unspecified atom stereocenters. The first-order valence-electron chi connectivity index (χ1n) is 42.1. The van der Waals surface area contributed by atoms with Crippen LogP contribution in [0.15, 0.2) is 461 Å². The summed E-state index contributed by atoms with van der Waals surface area (Å²) in [7, 11) is 0. The molecule has 580 valence electrons. The minimum Gasteiger partial charge on any atom is -0.307 e. The van der Waals surface area contributed by atoms with Gasteiger partial charge in [0.2, 0.25) is 5.95 Å². The maximum absolute atomic E-state index is 5.45. The molecule has 0 spiro atoms. The second-order valence-electron chi connectivity index (χ2n) is 31.6. The van der Waals surface area contributed by atoms with Gasteiger partial charge in [-0.2, -0.15) is 0 Å². The number of hydrogen-bond donors (Lipinski definition) is 0. The number of aromatic nitrogens is 8. The molecule has 0 fully saturated rings. The topological polar surface area (TPSA) is 71.3 Å². The van der Waals surface area contributed by atoms with Crippen molar-refractivity contribution >= 4 is 87.2 Å². The first kappa shape index (κ1) is 72.5. The van der Waals surface area contributed by atoms with Gasteiger partial charge in [0.15, 0.2) is 5.82 Å². The lowest BCUT2D eigenvalue weighted by atomic mass is 9.99. The fraction of sp³-hybridized carbons (Fsp3) is 0. The van der Waals surface area contributed by atoms with Gasteiger partial charge in [0, 0.05) is 82.8 Å². The smallest absolute Gasteiger partial charge is 0.235 e. The maximum Gasteiger partial charge on any atom is 0.235 e. The monoisotopic (exact) mass is 1580 g/mol. The first-order valence-corrected chi connectivity index (χ1v) is 42.1. The number of benzene rings is 18. The van der Waals surface area contributed by atoms with Gasteiger partial charge in [0.25, 0.3) is 0 Å². The van der Waals surface area contributed by atoms with E-state index in [1.165, 1.54) is 99.1 Å². The third-order valence-corrected chi connectivity index (χ3v) is 24.3. The number of nitrogens with zero attached hydrogens (tertiary/aromatic N) is 8. The van der Waals surface area contributed by atoms with E-state index in [-0.39, 0.29) is 0 Å². The van der Waals surface area contributed by atoms with Crippen LogP contribution >= 0.6 is 0 Å². The summed E-state index contributed by atoms with van der Waals surface area (Å²) in [6.07, 6.45) is 0. The van der Waals surface area contributed by atoms with Gasteiger partial charge >= 0.3 is 0 Å². The molecule has 8 heteroatoms. The van der Waals surface area contributed by atoms with Crippen LogP contribution in [0.2, 0.25) is 0 Å². The molecule has 0 amide bonds. The summed E-state index contributed by atoms with van der Waals surface area (Å²) >= 11 is 0. The minimum atomic E-state index is 0.623. The van der Waals surface area contributed by atoms with E-state index in [1.54, 1.807) is 0 Å². The molecule has 18 aromatic carbocycles. The van der Waals surface area contributed by atoms with Crippen molar-refractivity contribution in [1.29, 1.82) is 0 Å². The van der Waals surface area contributed by atoms with Crippen molar-refractivity contribution in [3.8, 4) is 135 Å². The van der Waals surface area contributed by atoms with E-state index in [4.69, 9.17) is 19.9 Å². The van der Waals surface area contributed by atoms with Crippen LogP contribution < -0.4 is 0 Å². The Morgan fingerprint density at radius 3 is 0.774 bits per heavy atom. The summed E-state index contributed by atoms with van der Waals surface area (Å²) in [5.41, 5.74) is 31.9. The molecule has 0 N–H and O–H groups in total. The van der Waals surface area contributed by atoms with Crippen LogP contribution in [0.5, 0.6) is 0 Å². The Morgan fingerprint density at radius 2 is 0.395 bits per heavy atom. The summed E-state index contributed by atoms with van der Waals surface area (Å²) in [4.78, 5) is 21.5. The standard InChI is InChI=1S/2C58H38N4/c1-4-15-39(16-5-1)41-27-29-43(30-28-41)52-38-55(60-58(59-52)44-19-8-3-9-20-44)62-54-26-13-11-24-49(54)51-36-35-50-48-23-10-12-25-53(48)61(56(50)57(51)62)47-33-31-42(32-34-47)46-22-14-21-45(37-46)40-17-6-2-7-18-40;1-4-15-39(16-5-1)41-27-29-44(30-28-41)53-38-52(43-19-8-3-9-20-43)59-58(60-53)62-55-26-13-11-24-49(55)51-36-35-50-48-23-10-12-25-54(48)61(56(50)57(51)62)47-33-31-42(32-34-47)46-22-14-21-45(37-46)40-17-6-2-7-18-40/h2*1-38H. The minimum absolute atomic E-state index is 0.623. The summed E-state index contributed by atoms with van der Waals surface area (Å²) < 4.78 is 9.52. The van der Waals surface area contributed by atoms with Gasteiger partial charge in [-0.15, -0.1) is 0 Å². The zero-order valence-electron chi connectivity index (χ0n) is 67.5. The van der Waals surface area contributed by atoms with Crippen LogP contribution in [-0.2, 0) is 0 Å². The lowest BCUT2D eigenvalue weighted by molar-refractivity contribution is 0.995. The zero-order valence-corrected chi connectivity index (χ0v) is 67.5. The predicted molar refractivity (Wildman–Crippen MR) is 516 cm³/mol. The molecule has 8 nitrogen and oxygen atoms in total. The third kappa shape index (κ3) is 13.0. The molecule has 6 aromatic heterocycles. The zero-order chi connectivity index (χ0) is 82.0. The SMILES string of the molecule is c1ccc(-c2ccc(-c3cc(-c4ccccc4)nc(-n4c5ccccc5c5ccc6c7ccccc7n(-c7ccc(-c8cccc(-c9ccccc9)c8)cc7)c6c54)n3)cc2)cc1.c1ccc(-c2ccc(-c3cc(-n4c5ccccc5c5ccc6c7ccccc7n(-c7ccc(-c8cccc(-c9ccccc9)c8)cc7)c6c54)nc(-c4ccccc4)n3)cc2)cc1. The molecule has 0 radical (unpaired) electrons. The Hall–Kier alpha value is -16.7. The summed E-state index contributed by atoms with van der Waals surface area (Å²) in [6, 6.07) is 164. The van der Waals surface area contributed by atoms with Gasteiger partial charge < -0.3 is 9.13 Å². The van der Waals surface area contributed by atoms with E-state index in [2.05, 4.69) is 455 Å². The average Bonchev–Trinajstić information content (AvgIpc) is 1.55. The van der Waals surface area contributed by atoms with Crippen LogP contribution in [0.3, 0.4) is 0 Å². The van der Waals surface area contributed by atoms with Crippen LogP contribution in [0.4, 0.5) is 0 Å². The van der Waals surface area contributed by atoms with E-state index in [0.717, 1.165) is 111 Å². The van der Waals surface area contributed by atoms with E-state index in [9.17, 15) is 0 Å². The Kier molecular flexibility index (Phi) is 18.1. The second kappa shape index (κ2) is 30.9. The molecule has 0 aliphatic heterocycles. The molecule has 0 saturated heterocycles. The second-order valence-corrected chi connectivity index (χ2v) is 31.6. The highest BCUT2D eigenvalue weighted by atomic mass is 15.2. The molecule has 24 aromatic rings. The number of hydrogen-bond acceptors (Lipinski definition) is 4. The largest absolute Gasteiger partial charge is 0.307 e. The molecule has 124 heavy (non-hydrogen) atoms. The van der Waals surface area contributed by atoms with Crippen LogP contribution in [0.1, 0.15) is 0 Å². The van der Waals surface area contributed by atoms with Crippen LogP contribution in [0, 0.1) is 0 Å². The van der Waals surface area contributed by atoms with Crippen molar-refractivity contribution in [2.75, 3.05) is 0 Å². The number of rotatable bonds is 14. The lowest BCUT2D eigenvalue weighted by Gasteiger charge is -2.15. The molecule has 0 bridgehead atoms. The number of para-hydroxylation sites is 4. The molecule has 0 aliphatic carbocycles. The highest BCUT2D eigenvalue weighted by Gasteiger charge is 2.27. The average molecular weight is 1580 g/mol. The van der Waals surface area contributed by atoms with E-state index in [1.807, 2.05) is 24.3 Å². The molecular weight excluding hydrogens is 1510 g/mol. The number of fused-ring (bicyclic) bond motifs is 14. The highest BCUT2D eigenvalue weighted by Crippen LogP contribution is 2.46. The Labute approximate surface area is 716 Å². The molecular formula is C116H76N8. The van der Waals surface area contributed by atoms with E-state index >= 15 is 0 Å². The quantitative estimate of drug-likeness (QED) is 0.109. The predicted octanol–water partition coefficient (Wildman–Crippen LogP) is 30.0. The molecule has 6 heterocycles. The Balaban J connectivity index is 0.000000143. The van der Waals surface area contributed by atoms with Gasteiger partial charge in [-0.1, -0.05) is 388 Å². The first-order chi connectivity index (χ1) is 61.5. The van der Waals surface area contributed by atoms with Crippen molar-refractivity contribution in [1.82, 2.24) is 38.2 Å². The van der Waals surface area contributed by atoms with Crippen molar-refractivity contribution in [2.24, 2.45) is 0 Å². The summed E-state index contributed by atoms with van der Waals surface area (Å²) in [5.74, 6) is 2.11. The van der Waals surface area contributed by atoms with Gasteiger partial charge in [0.05, 0.1) is 61.2 Å². The van der Waals surface area contributed by atoms with E-state index in [0.29, 0.717) is 11.8 Å². The van der Waals surface area contributed by atoms with E-state index < -0.39 is 0 Å². The molecule has 0 atom stereocenters. The fourth-order valence-corrected chi connectivity index (χ4v) is 18.4. The highest BCUT2D eigenvalue weighted by molar-refractivity contribution is 6.25. The maximum atomic E-state index is 5.45. The Morgan fingerprint density at radius 1 is 0.145 bits per heavy atom. The lowest BCUT2D eigenvalue weighted by Crippen LogP contribution is -2.05. The van der Waals surface area contributed by atoms with Crippen molar-refractivity contribution in [3.05, 3.63) is 461 Å². The normalized spacial score (nSPS) is 11.5. The Bertz CT molecular complexity index is 7660. The summed E-state index contributed by atoms with van der Waals surface area (Å²) in [5, 5.41) is 9.39. The van der Waals surface area contributed by atoms with Crippen LogP contribution in [-0.4, -0.2) is 38.2 Å². The van der Waals surface area contributed by atoms with Gasteiger partial charge in [-0.25, -0.2) is 19.9 Å². The third-order valence-electron chi connectivity index (χ3n) is 24.3. The van der Waals surface area contributed by atoms with Gasteiger partial charge in [0.1, 0.15) is 5.82 Å². The van der Waals surface area contributed by atoms with Crippen molar-refractivity contribution in [3.63, 3.8) is 0 Å². The molecule has 0 aliphatic rings.